The zero-order valence-corrected chi connectivity index (χ0v) is 18.2. The van der Waals surface area contributed by atoms with Crippen molar-refractivity contribution < 1.29 is 23.9 Å². The molecule has 2 atom stereocenters. The molecule has 162 valence electrons. The van der Waals surface area contributed by atoms with Crippen LogP contribution in [0.1, 0.15) is 22.0 Å². The molecule has 4 rings (SSSR count). The van der Waals surface area contributed by atoms with E-state index in [-0.39, 0.29) is 0 Å². The molecule has 0 spiro atoms. The van der Waals surface area contributed by atoms with Gasteiger partial charge < -0.3 is 9.47 Å². The Balaban J connectivity index is 1.91. The first-order valence-electron chi connectivity index (χ1n) is 9.90. The van der Waals surface area contributed by atoms with Crippen LogP contribution in [0.15, 0.2) is 72.8 Å². The van der Waals surface area contributed by atoms with Crippen LogP contribution in [0.3, 0.4) is 0 Å². The maximum atomic E-state index is 13.5. The van der Waals surface area contributed by atoms with E-state index in [1.165, 1.54) is 19.1 Å². The number of carbonyl (C=O) groups excluding carboxylic acids is 3. The van der Waals surface area contributed by atoms with Gasteiger partial charge in [0.15, 0.2) is 5.78 Å². The molecular formula is C25H20ClNO5. The van der Waals surface area contributed by atoms with Crippen molar-refractivity contribution in [3.8, 4) is 11.5 Å². The fraction of sp³-hybridized carbons (Fsp3) is 0.160. The highest BCUT2D eigenvalue weighted by Crippen LogP contribution is 2.45. The number of Topliss-reactive ketones (excluding diaryl/α,β-unsaturated/α-hetero) is 2. The number of rotatable bonds is 6. The Kier molecular flexibility index (Phi) is 5.97. The number of carbonyl (C=O) groups is 3. The van der Waals surface area contributed by atoms with Crippen molar-refractivity contribution in [2.24, 2.45) is 5.92 Å². The monoisotopic (exact) mass is 449 g/mol. The van der Waals surface area contributed by atoms with Gasteiger partial charge in [0.2, 0.25) is 5.78 Å². The Morgan fingerprint density at radius 3 is 2.22 bits per heavy atom. The van der Waals surface area contributed by atoms with Crippen LogP contribution >= 0.6 is 11.6 Å². The minimum Gasteiger partial charge on any atom is -0.497 e. The van der Waals surface area contributed by atoms with E-state index in [4.69, 9.17) is 21.1 Å². The SMILES string of the molecule is COc1ccc(C2C(C(=O)c3ccccc3)C(=O)C(=O)N2c2ccc(Cl)cc2)c(OC)c1. The molecule has 0 aromatic heterocycles. The van der Waals surface area contributed by atoms with Gasteiger partial charge in [-0.3, -0.25) is 19.3 Å². The zero-order chi connectivity index (χ0) is 22.8. The van der Waals surface area contributed by atoms with E-state index in [9.17, 15) is 14.4 Å². The highest BCUT2D eigenvalue weighted by molar-refractivity contribution is 6.49. The highest BCUT2D eigenvalue weighted by Gasteiger charge is 2.53. The molecule has 32 heavy (non-hydrogen) atoms. The maximum Gasteiger partial charge on any atom is 0.295 e. The van der Waals surface area contributed by atoms with E-state index >= 15 is 0 Å². The normalized spacial score (nSPS) is 18.0. The molecule has 1 aliphatic rings. The van der Waals surface area contributed by atoms with Crippen molar-refractivity contribution in [1.82, 2.24) is 0 Å². The summed E-state index contributed by atoms with van der Waals surface area (Å²) in [6.45, 7) is 0. The summed E-state index contributed by atoms with van der Waals surface area (Å²) < 4.78 is 10.8. The first-order chi connectivity index (χ1) is 15.5. The number of anilines is 1. The molecule has 1 saturated heterocycles. The van der Waals surface area contributed by atoms with E-state index in [1.54, 1.807) is 72.8 Å². The van der Waals surface area contributed by atoms with Gasteiger partial charge in [-0.15, -0.1) is 0 Å². The Morgan fingerprint density at radius 1 is 0.906 bits per heavy atom. The van der Waals surface area contributed by atoms with Crippen LogP contribution < -0.4 is 14.4 Å². The van der Waals surface area contributed by atoms with Crippen LogP contribution in [0.25, 0.3) is 0 Å². The number of amides is 1. The number of ketones is 2. The van der Waals surface area contributed by atoms with Crippen molar-refractivity contribution in [2.45, 2.75) is 6.04 Å². The summed E-state index contributed by atoms with van der Waals surface area (Å²) in [6, 6.07) is 19.2. The number of hydrogen-bond acceptors (Lipinski definition) is 5. The van der Waals surface area contributed by atoms with Gasteiger partial charge in [0.05, 0.1) is 20.3 Å². The number of methoxy groups -OCH3 is 2. The summed E-state index contributed by atoms with van der Waals surface area (Å²) in [5.41, 5.74) is 1.34. The van der Waals surface area contributed by atoms with Crippen molar-refractivity contribution in [3.63, 3.8) is 0 Å². The third kappa shape index (κ3) is 3.74. The van der Waals surface area contributed by atoms with Crippen molar-refractivity contribution in [2.75, 3.05) is 19.1 Å². The summed E-state index contributed by atoms with van der Waals surface area (Å²) in [4.78, 5) is 41.1. The van der Waals surface area contributed by atoms with Gasteiger partial charge in [-0.2, -0.15) is 0 Å². The van der Waals surface area contributed by atoms with Gasteiger partial charge >= 0.3 is 0 Å². The maximum absolute atomic E-state index is 13.5. The molecule has 3 aromatic rings. The molecule has 2 unspecified atom stereocenters. The van der Waals surface area contributed by atoms with Gasteiger partial charge in [0, 0.05) is 27.9 Å². The minimum absolute atomic E-state index is 0.356. The fourth-order valence-electron chi connectivity index (χ4n) is 3.98. The van der Waals surface area contributed by atoms with Gasteiger partial charge in [-0.05, 0) is 36.4 Å². The largest absolute Gasteiger partial charge is 0.497 e. The lowest BCUT2D eigenvalue weighted by Gasteiger charge is -2.28. The Bertz CT molecular complexity index is 1180. The number of halogens is 1. The summed E-state index contributed by atoms with van der Waals surface area (Å²) in [7, 11) is 3.01. The zero-order valence-electron chi connectivity index (χ0n) is 17.4. The average molecular weight is 450 g/mol. The molecule has 3 aromatic carbocycles. The molecule has 7 heteroatoms. The van der Waals surface area contributed by atoms with Crippen LogP contribution in [0.2, 0.25) is 5.02 Å². The second-order valence-electron chi connectivity index (χ2n) is 7.28. The van der Waals surface area contributed by atoms with E-state index in [0.29, 0.717) is 33.3 Å². The molecule has 1 aliphatic heterocycles. The van der Waals surface area contributed by atoms with E-state index < -0.39 is 29.4 Å². The van der Waals surface area contributed by atoms with E-state index in [2.05, 4.69) is 0 Å². The van der Waals surface area contributed by atoms with Crippen LogP contribution in [-0.2, 0) is 9.59 Å². The number of hydrogen-bond donors (Lipinski definition) is 0. The predicted molar refractivity (Wildman–Crippen MR) is 120 cm³/mol. The minimum atomic E-state index is -1.23. The van der Waals surface area contributed by atoms with Crippen molar-refractivity contribution in [1.29, 1.82) is 0 Å². The van der Waals surface area contributed by atoms with Crippen molar-refractivity contribution in [3.05, 3.63) is 88.9 Å². The van der Waals surface area contributed by atoms with E-state index in [0.717, 1.165) is 0 Å². The first kappa shape index (κ1) is 21.6. The highest BCUT2D eigenvalue weighted by atomic mass is 35.5. The lowest BCUT2D eigenvalue weighted by atomic mass is 9.86. The first-order valence-corrected chi connectivity index (χ1v) is 10.3. The number of nitrogens with zero attached hydrogens (tertiary/aromatic N) is 1. The molecule has 1 fully saturated rings. The van der Waals surface area contributed by atoms with Gasteiger partial charge in [0.25, 0.3) is 5.91 Å². The molecular weight excluding hydrogens is 430 g/mol. The Hall–Kier alpha value is -3.64. The smallest absolute Gasteiger partial charge is 0.295 e. The topological polar surface area (TPSA) is 72.9 Å². The number of benzene rings is 3. The molecule has 0 radical (unpaired) electrons. The lowest BCUT2D eigenvalue weighted by molar-refractivity contribution is -0.135. The second kappa shape index (κ2) is 8.85. The van der Waals surface area contributed by atoms with Crippen molar-refractivity contribution >= 4 is 34.8 Å². The summed E-state index contributed by atoms with van der Waals surface area (Å²) in [5, 5.41) is 0.488. The molecule has 0 aliphatic carbocycles. The molecule has 1 amide bonds. The third-order valence-electron chi connectivity index (χ3n) is 5.51. The molecule has 0 N–H and O–H groups in total. The summed E-state index contributed by atoms with van der Waals surface area (Å²) in [5.74, 6) is -2.24. The summed E-state index contributed by atoms with van der Waals surface area (Å²) >= 11 is 6.02. The molecule has 0 bridgehead atoms. The fourth-order valence-corrected chi connectivity index (χ4v) is 4.10. The number of ether oxygens (including phenoxy) is 2. The molecule has 0 saturated carbocycles. The van der Waals surface area contributed by atoms with E-state index in [1.807, 2.05) is 0 Å². The van der Waals surface area contributed by atoms with Crippen LogP contribution in [0, 0.1) is 5.92 Å². The standard InChI is InChI=1S/C25H20ClNO5/c1-31-18-12-13-19(20(14-18)32-2)22-21(23(28)15-6-4-3-5-7-15)24(29)25(30)27(22)17-10-8-16(26)9-11-17/h3-14,21-22H,1-2H3. The Labute approximate surface area is 190 Å². The van der Waals surface area contributed by atoms with Crippen LogP contribution in [0.4, 0.5) is 5.69 Å². The average Bonchev–Trinajstić information content (AvgIpc) is 3.09. The molecule has 6 nitrogen and oxygen atoms in total. The Morgan fingerprint density at radius 2 is 1.59 bits per heavy atom. The van der Waals surface area contributed by atoms with Gasteiger partial charge in [-0.25, -0.2) is 0 Å². The lowest BCUT2D eigenvalue weighted by Crippen LogP contribution is -2.31. The molecule has 1 heterocycles. The third-order valence-corrected chi connectivity index (χ3v) is 5.76. The predicted octanol–water partition coefficient (Wildman–Crippen LogP) is 4.51. The van der Waals surface area contributed by atoms with Crippen LogP contribution in [0.5, 0.6) is 11.5 Å². The van der Waals surface area contributed by atoms with Gasteiger partial charge in [-0.1, -0.05) is 41.9 Å². The van der Waals surface area contributed by atoms with Crippen LogP contribution in [-0.4, -0.2) is 31.7 Å². The quantitative estimate of drug-likeness (QED) is 0.314. The van der Waals surface area contributed by atoms with Gasteiger partial charge in [0.1, 0.15) is 17.4 Å². The summed E-state index contributed by atoms with van der Waals surface area (Å²) in [6.07, 6.45) is 0. The second-order valence-corrected chi connectivity index (χ2v) is 7.71.